The molecule has 0 saturated heterocycles. The van der Waals surface area contributed by atoms with Gasteiger partial charge in [-0.05, 0) is 77.3 Å². The SMILES string of the molecule is CC(C)NC(=O)Nc1ccc2c(c1)C(=O)N([C@@H](C)CO)C[C@H](C)[C@H](CN(C)C(=O)c1ccncc1)OCCCC[C@@H](C)O2. The Morgan fingerprint density at radius 1 is 1.14 bits per heavy atom. The molecule has 0 fully saturated rings. The minimum absolute atomic E-state index is 0.0558. The number of pyridine rings is 1. The average Bonchev–Trinajstić information content (AvgIpc) is 2.98. The van der Waals surface area contributed by atoms with Gasteiger partial charge in [0.1, 0.15) is 5.75 Å². The molecule has 0 spiro atoms. The highest BCUT2D eigenvalue weighted by Crippen LogP contribution is 2.28. The van der Waals surface area contributed by atoms with Gasteiger partial charge in [-0.2, -0.15) is 0 Å². The highest BCUT2D eigenvalue weighted by molar-refractivity contribution is 5.99. The maximum atomic E-state index is 14.2. The Morgan fingerprint density at radius 3 is 2.53 bits per heavy atom. The van der Waals surface area contributed by atoms with Gasteiger partial charge < -0.3 is 35.0 Å². The number of aromatic nitrogens is 1. The molecule has 2 heterocycles. The van der Waals surface area contributed by atoms with Gasteiger partial charge in [0.15, 0.2) is 0 Å². The molecule has 3 rings (SSSR count). The molecule has 1 aromatic heterocycles. The molecule has 1 aromatic carbocycles. The summed E-state index contributed by atoms with van der Waals surface area (Å²) in [6, 6.07) is 7.45. The third-order valence-electron chi connectivity index (χ3n) is 7.46. The summed E-state index contributed by atoms with van der Waals surface area (Å²) < 4.78 is 12.6. The van der Waals surface area contributed by atoms with Crippen molar-refractivity contribution in [1.82, 2.24) is 20.1 Å². The van der Waals surface area contributed by atoms with E-state index >= 15 is 0 Å². The van der Waals surface area contributed by atoms with Crippen LogP contribution in [-0.2, 0) is 4.74 Å². The zero-order valence-corrected chi connectivity index (χ0v) is 26.2. The summed E-state index contributed by atoms with van der Waals surface area (Å²) >= 11 is 0. The van der Waals surface area contributed by atoms with E-state index in [4.69, 9.17) is 9.47 Å². The molecule has 11 heteroatoms. The number of ether oxygens (including phenoxy) is 2. The second-order valence-electron chi connectivity index (χ2n) is 11.7. The Bertz CT molecular complexity index is 1210. The number of aliphatic hydroxyl groups excluding tert-OH is 1. The number of amides is 4. The summed E-state index contributed by atoms with van der Waals surface area (Å²) in [6.07, 6.45) is 5.07. The molecule has 11 nitrogen and oxygen atoms in total. The standard InChI is InChI=1S/C32H47N5O6/c1-21(2)34-32(41)35-26-10-11-28-27(17-26)31(40)37(23(4)20-38)18-22(3)29(42-16-8-7-9-24(5)43-28)19-36(6)30(39)25-12-14-33-15-13-25/h10-15,17,21-24,29,38H,7-9,16,18-20H2,1-6H3,(H2,34,35,41)/t22-,23-,24+,29-/m0/s1. The smallest absolute Gasteiger partial charge is 0.319 e. The van der Waals surface area contributed by atoms with E-state index in [1.807, 2.05) is 27.7 Å². The molecule has 1 aliphatic rings. The van der Waals surface area contributed by atoms with Crippen LogP contribution in [0.15, 0.2) is 42.7 Å². The lowest BCUT2D eigenvalue weighted by Crippen LogP contribution is -2.48. The lowest BCUT2D eigenvalue weighted by atomic mass is 10.0. The molecule has 236 valence electrons. The quantitative estimate of drug-likeness (QED) is 0.436. The predicted octanol–water partition coefficient (Wildman–Crippen LogP) is 4.18. The molecular weight excluding hydrogens is 550 g/mol. The first-order chi connectivity index (χ1) is 20.5. The zero-order chi connectivity index (χ0) is 31.5. The second kappa shape index (κ2) is 16.2. The minimum Gasteiger partial charge on any atom is -0.490 e. The molecule has 0 saturated carbocycles. The fourth-order valence-corrected chi connectivity index (χ4v) is 4.96. The molecule has 0 bridgehead atoms. The van der Waals surface area contributed by atoms with Crippen molar-refractivity contribution in [3.63, 3.8) is 0 Å². The maximum Gasteiger partial charge on any atom is 0.319 e. The summed E-state index contributed by atoms with van der Waals surface area (Å²) in [5.41, 5.74) is 1.28. The number of nitrogens with one attached hydrogen (secondary N) is 2. The Hall–Kier alpha value is -3.70. The number of carbonyl (C=O) groups is 3. The number of fused-ring (bicyclic) bond motifs is 1. The van der Waals surface area contributed by atoms with Gasteiger partial charge in [0.05, 0.1) is 30.4 Å². The molecule has 0 aliphatic carbocycles. The number of rotatable bonds is 7. The molecule has 2 aromatic rings. The first-order valence-electron chi connectivity index (χ1n) is 15.1. The monoisotopic (exact) mass is 597 g/mol. The van der Waals surface area contributed by atoms with Gasteiger partial charge in [-0.25, -0.2) is 4.79 Å². The summed E-state index contributed by atoms with van der Waals surface area (Å²) in [6.45, 7) is 10.3. The fourth-order valence-electron chi connectivity index (χ4n) is 4.96. The number of nitrogens with zero attached hydrogens (tertiary/aromatic N) is 3. The van der Waals surface area contributed by atoms with Crippen molar-refractivity contribution in [1.29, 1.82) is 0 Å². The number of hydrogen-bond acceptors (Lipinski definition) is 7. The van der Waals surface area contributed by atoms with Crippen LogP contribution in [0.2, 0.25) is 0 Å². The van der Waals surface area contributed by atoms with Crippen molar-refractivity contribution in [2.45, 2.75) is 78.2 Å². The van der Waals surface area contributed by atoms with E-state index in [2.05, 4.69) is 15.6 Å². The van der Waals surface area contributed by atoms with Crippen molar-refractivity contribution in [2.75, 3.05) is 38.7 Å². The van der Waals surface area contributed by atoms with Gasteiger partial charge in [0.25, 0.3) is 11.8 Å². The van der Waals surface area contributed by atoms with E-state index in [0.717, 1.165) is 19.3 Å². The van der Waals surface area contributed by atoms with Crippen LogP contribution in [0.1, 0.15) is 74.6 Å². The van der Waals surface area contributed by atoms with Crippen LogP contribution in [0.4, 0.5) is 10.5 Å². The van der Waals surface area contributed by atoms with Gasteiger partial charge in [-0.15, -0.1) is 0 Å². The van der Waals surface area contributed by atoms with Crippen LogP contribution < -0.4 is 15.4 Å². The van der Waals surface area contributed by atoms with Crippen molar-refractivity contribution in [3.05, 3.63) is 53.9 Å². The van der Waals surface area contributed by atoms with Crippen LogP contribution in [0.25, 0.3) is 0 Å². The van der Waals surface area contributed by atoms with Gasteiger partial charge in [0, 0.05) is 62.3 Å². The van der Waals surface area contributed by atoms with Crippen molar-refractivity contribution >= 4 is 23.5 Å². The molecular formula is C32H47N5O6. The maximum absolute atomic E-state index is 14.2. The van der Waals surface area contributed by atoms with Gasteiger partial charge >= 0.3 is 6.03 Å². The summed E-state index contributed by atoms with van der Waals surface area (Å²) in [5, 5.41) is 15.7. The van der Waals surface area contributed by atoms with Crippen molar-refractivity contribution in [2.24, 2.45) is 5.92 Å². The fraction of sp³-hybridized carbons (Fsp3) is 0.562. The van der Waals surface area contributed by atoms with Gasteiger partial charge in [-0.1, -0.05) is 6.92 Å². The third kappa shape index (κ3) is 9.93. The number of aliphatic hydroxyl groups is 1. The van der Waals surface area contributed by atoms with Crippen LogP contribution in [-0.4, -0.2) is 95.4 Å². The zero-order valence-electron chi connectivity index (χ0n) is 26.2. The van der Waals surface area contributed by atoms with Crippen LogP contribution in [0.3, 0.4) is 0 Å². The summed E-state index contributed by atoms with van der Waals surface area (Å²) in [4.78, 5) is 46.9. The summed E-state index contributed by atoms with van der Waals surface area (Å²) in [5.74, 6) is -0.242. The first-order valence-corrected chi connectivity index (χ1v) is 15.1. The molecule has 4 atom stereocenters. The second-order valence-corrected chi connectivity index (χ2v) is 11.7. The molecule has 1 aliphatic heterocycles. The lowest BCUT2D eigenvalue weighted by Gasteiger charge is -2.36. The number of hydrogen-bond donors (Lipinski definition) is 3. The van der Waals surface area contributed by atoms with E-state index in [1.165, 1.54) is 0 Å². The largest absolute Gasteiger partial charge is 0.490 e. The van der Waals surface area contributed by atoms with Crippen molar-refractivity contribution in [3.8, 4) is 5.75 Å². The van der Waals surface area contributed by atoms with E-state index in [1.54, 1.807) is 66.5 Å². The van der Waals surface area contributed by atoms with Gasteiger partial charge in [0.2, 0.25) is 0 Å². The van der Waals surface area contributed by atoms with E-state index in [9.17, 15) is 19.5 Å². The number of urea groups is 1. The number of carbonyl (C=O) groups excluding carboxylic acids is 3. The predicted molar refractivity (Wildman–Crippen MR) is 165 cm³/mol. The Kier molecular flexibility index (Phi) is 12.8. The summed E-state index contributed by atoms with van der Waals surface area (Å²) in [7, 11) is 1.74. The molecule has 0 unspecified atom stereocenters. The van der Waals surface area contributed by atoms with E-state index in [-0.39, 0.29) is 55.2 Å². The Balaban J connectivity index is 1.93. The minimum atomic E-state index is -0.509. The highest BCUT2D eigenvalue weighted by Gasteiger charge is 2.31. The van der Waals surface area contributed by atoms with Crippen LogP contribution in [0, 0.1) is 5.92 Å². The van der Waals surface area contributed by atoms with E-state index in [0.29, 0.717) is 35.7 Å². The molecule has 3 N–H and O–H groups in total. The van der Waals surface area contributed by atoms with Crippen molar-refractivity contribution < 1.29 is 29.0 Å². The molecule has 0 radical (unpaired) electrons. The number of likely N-dealkylation sites (N-methyl/N-ethyl adjacent to an activating group) is 1. The highest BCUT2D eigenvalue weighted by atomic mass is 16.5. The third-order valence-corrected chi connectivity index (χ3v) is 7.46. The average molecular weight is 598 g/mol. The van der Waals surface area contributed by atoms with Crippen LogP contribution in [0.5, 0.6) is 5.75 Å². The normalized spacial score (nSPS) is 20.8. The Labute approximate surface area is 254 Å². The topological polar surface area (TPSA) is 133 Å². The molecule has 43 heavy (non-hydrogen) atoms. The van der Waals surface area contributed by atoms with Crippen LogP contribution >= 0.6 is 0 Å². The first kappa shape index (κ1) is 33.8. The van der Waals surface area contributed by atoms with Gasteiger partial charge in [-0.3, -0.25) is 14.6 Å². The lowest BCUT2D eigenvalue weighted by molar-refractivity contribution is -0.0149. The number of anilines is 1. The van der Waals surface area contributed by atoms with E-state index < -0.39 is 6.04 Å². The number of benzene rings is 1. The Morgan fingerprint density at radius 2 is 1.86 bits per heavy atom. The molecule has 4 amide bonds.